The number of likely N-dealkylation sites (N-methyl/N-ethyl adjacent to an activating group) is 1. The van der Waals surface area contributed by atoms with E-state index in [2.05, 4.69) is 15.7 Å². The highest BCUT2D eigenvalue weighted by Crippen LogP contribution is 2.29. The average molecular weight is 424 g/mol. The number of carbonyl (C=O) groups excluding carboxylic acids is 3. The van der Waals surface area contributed by atoms with E-state index < -0.39 is 5.54 Å². The molecule has 31 heavy (non-hydrogen) atoms. The van der Waals surface area contributed by atoms with Crippen LogP contribution in [0, 0.1) is 6.92 Å². The number of para-hydroxylation sites is 1. The average Bonchev–Trinajstić information content (AvgIpc) is 3.40. The third-order valence-electron chi connectivity index (χ3n) is 6.42. The van der Waals surface area contributed by atoms with Crippen molar-refractivity contribution in [2.45, 2.75) is 64.6 Å². The van der Waals surface area contributed by atoms with Crippen molar-refractivity contribution in [3.05, 3.63) is 47.3 Å². The van der Waals surface area contributed by atoms with Crippen LogP contribution in [0.2, 0.25) is 0 Å². The molecule has 1 aliphatic carbocycles. The molecule has 1 fully saturated rings. The summed E-state index contributed by atoms with van der Waals surface area (Å²) in [5, 5.41) is 10.4. The Kier molecular flexibility index (Phi) is 5.56. The SMILES string of the molecule is CCN1C(=O)c2cc(C(=O)Nc3ccccc3C)nn2C[C@@]1(C)C(=O)NC1CCCC1. The largest absolute Gasteiger partial charge is 0.351 e. The van der Waals surface area contributed by atoms with Crippen LogP contribution in [0.1, 0.15) is 66.1 Å². The molecule has 8 heteroatoms. The fourth-order valence-corrected chi connectivity index (χ4v) is 4.56. The molecule has 3 amide bonds. The maximum absolute atomic E-state index is 13.2. The van der Waals surface area contributed by atoms with Gasteiger partial charge in [0.2, 0.25) is 5.91 Å². The zero-order valence-corrected chi connectivity index (χ0v) is 18.3. The lowest BCUT2D eigenvalue weighted by atomic mass is 9.94. The number of carbonyl (C=O) groups is 3. The number of aryl methyl sites for hydroxylation is 1. The van der Waals surface area contributed by atoms with E-state index in [0.29, 0.717) is 17.9 Å². The third kappa shape index (κ3) is 3.82. The van der Waals surface area contributed by atoms with Crippen molar-refractivity contribution < 1.29 is 14.4 Å². The number of nitrogens with one attached hydrogen (secondary N) is 2. The van der Waals surface area contributed by atoms with Crippen molar-refractivity contribution in [2.24, 2.45) is 0 Å². The number of hydrogen-bond donors (Lipinski definition) is 2. The smallest absolute Gasteiger partial charge is 0.276 e. The van der Waals surface area contributed by atoms with E-state index in [9.17, 15) is 14.4 Å². The van der Waals surface area contributed by atoms with Gasteiger partial charge in [0.05, 0.1) is 6.54 Å². The van der Waals surface area contributed by atoms with Gasteiger partial charge in [-0.25, -0.2) is 0 Å². The summed E-state index contributed by atoms with van der Waals surface area (Å²) in [5.74, 6) is -0.842. The molecule has 0 radical (unpaired) electrons. The zero-order chi connectivity index (χ0) is 22.2. The van der Waals surface area contributed by atoms with Crippen LogP contribution in [-0.4, -0.2) is 50.5 Å². The Morgan fingerprint density at radius 1 is 1.23 bits per heavy atom. The van der Waals surface area contributed by atoms with E-state index in [4.69, 9.17) is 0 Å². The highest BCUT2D eigenvalue weighted by atomic mass is 16.2. The van der Waals surface area contributed by atoms with Crippen molar-refractivity contribution in [3.8, 4) is 0 Å². The Bertz CT molecular complexity index is 1020. The first-order valence-corrected chi connectivity index (χ1v) is 10.9. The lowest BCUT2D eigenvalue weighted by Crippen LogP contribution is -2.64. The second-order valence-electron chi connectivity index (χ2n) is 8.62. The van der Waals surface area contributed by atoms with Crippen LogP contribution >= 0.6 is 0 Å². The van der Waals surface area contributed by atoms with Crippen LogP contribution in [-0.2, 0) is 11.3 Å². The van der Waals surface area contributed by atoms with E-state index in [-0.39, 0.29) is 36.0 Å². The summed E-state index contributed by atoms with van der Waals surface area (Å²) in [6, 6.07) is 9.14. The van der Waals surface area contributed by atoms with Crippen molar-refractivity contribution in [2.75, 3.05) is 11.9 Å². The van der Waals surface area contributed by atoms with Gasteiger partial charge in [-0.05, 0) is 45.2 Å². The minimum absolute atomic E-state index is 0.156. The van der Waals surface area contributed by atoms with Gasteiger partial charge in [-0.3, -0.25) is 19.1 Å². The summed E-state index contributed by atoms with van der Waals surface area (Å²) in [6.45, 7) is 6.14. The summed E-state index contributed by atoms with van der Waals surface area (Å²) in [6.07, 6.45) is 4.16. The third-order valence-corrected chi connectivity index (χ3v) is 6.42. The number of rotatable bonds is 5. The molecule has 1 atom stereocenters. The maximum Gasteiger partial charge on any atom is 0.276 e. The Balaban J connectivity index is 1.59. The van der Waals surface area contributed by atoms with Crippen LogP contribution in [0.3, 0.4) is 0 Å². The molecular formula is C23H29N5O3. The fourth-order valence-electron chi connectivity index (χ4n) is 4.56. The summed E-state index contributed by atoms with van der Waals surface area (Å²) in [4.78, 5) is 40.8. The van der Waals surface area contributed by atoms with Gasteiger partial charge < -0.3 is 15.5 Å². The van der Waals surface area contributed by atoms with Crippen molar-refractivity contribution in [1.29, 1.82) is 0 Å². The number of benzene rings is 1. The molecule has 164 valence electrons. The first-order valence-electron chi connectivity index (χ1n) is 10.9. The summed E-state index contributed by atoms with van der Waals surface area (Å²) < 4.78 is 1.50. The van der Waals surface area contributed by atoms with Gasteiger partial charge in [-0.2, -0.15) is 5.10 Å². The molecule has 1 aromatic carbocycles. The van der Waals surface area contributed by atoms with Crippen molar-refractivity contribution in [3.63, 3.8) is 0 Å². The molecule has 8 nitrogen and oxygen atoms in total. The monoisotopic (exact) mass is 423 g/mol. The number of anilines is 1. The van der Waals surface area contributed by atoms with Gasteiger partial charge >= 0.3 is 0 Å². The number of aromatic nitrogens is 2. The van der Waals surface area contributed by atoms with Crippen LogP contribution in [0.15, 0.2) is 30.3 Å². The Morgan fingerprint density at radius 2 is 1.94 bits per heavy atom. The first kappa shape index (κ1) is 21.1. The van der Waals surface area contributed by atoms with Gasteiger partial charge in [0, 0.05) is 24.3 Å². The Labute approximate surface area is 182 Å². The molecule has 0 bridgehead atoms. The quantitative estimate of drug-likeness (QED) is 0.773. The second kappa shape index (κ2) is 8.17. The lowest BCUT2D eigenvalue weighted by molar-refractivity contribution is -0.133. The fraction of sp³-hybridized carbons (Fsp3) is 0.478. The second-order valence-corrected chi connectivity index (χ2v) is 8.62. The first-order chi connectivity index (χ1) is 14.8. The maximum atomic E-state index is 13.2. The standard InChI is InChI=1S/C23H29N5O3/c1-4-27-21(30)19-13-18(20(29)25-17-12-8-5-9-15(17)2)26-28(19)14-23(27,3)22(31)24-16-10-6-7-11-16/h5,8-9,12-13,16H,4,6-7,10-11,14H2,1-3H3,(H,24,31)(H,25,29)/t23-/m0/s1. The van der Waals surface area contributed by atoms with Gasteiger partial charge in [-0.1, -0.05) is 31.0 Å². The predicted molar refractivity (Wildman–Crippen MR) is 117 cm³/mol. The molecule has 2 aromatic rings. The minimum Gasteiger partial charge on any atom is -0.351 e. The molecule has 1 saturated carbocycles. The topological polar surface area (TPSA) is 96.3 Å². The number of hydrogen-bond acceptors (Lipinski definition) is 4. The summed E-state index contributed by atoms with van der Waals surface area (Å²) in [5.41, 5.74) is 1.05. The lowest BCUT2D eigenvalue weighted by Gasteiger charge is -2.43. The van der Waals surface area contributed by atoms with Crippen molar-refractivity contribution in [1.82, 2.24) is 20.0 Å². The summed E-state index contributed by atoms with van der Waals surface area (Å²) in [7, 11) is 0. The summed E-state index contributed by atoms with van der Waals surface area (Å²) >= 11 is 0. The van der Waals surface area contributed by atoms with E-state index in [0.717, 1.165) is 31.2 Å². The molecule has 2 heterocycles. The highest BCUT2D eigenvalue weighted by molar-refractivity contribution is 6.06. The van der Waals surface area contributed by atoms with E-state index in [1.165, 1.54) is 10.7 Å². The molecule has 2 N–H and O–H groups in total. The molecular weight excluding hydrogens is 394 g/mol. The van der Waals surface area contributed by atoms with Crippen LogP contribution in [0.4, 0.5) is 5.69 Å². The van der Waals surface area contributed by atoms with Crippen LogP contribution in [0.5, 0.6) is 0 Å². The Morgan fingerprint density at radius 3 is 2.61 bits per heavy atom. The van der Waals surface area contributed by atoms with E-state index in [1.54, 1.807) is 11.8 Å². The molecule has 0 unspecified atom stereocenters. The molecule has 1 aliphatic heterocycles. The van der Waals surface area contributed by atoms with Gasteiger partial charge in [0.1, 0.15) is 11.2 Å². The van der Waals surface area contributed by atoms with Gasteiger partial charge in [-0.15, -0.1) is 0 Å². The molecule has 4 rings (SSSR count). The predicted octanol–water partition coefficient (Wildman–Crippen LogP) is 2.74. The highest BCUT2D eigenvalue weighted by Gasteiger charge is 2.48. The number of fused-ring (bicyclic) bond motifs is 1. The number of nitrogens with zero attached hydrogens (tertiary/aromatic N) is 3. The van der Waals surface area contributed by atoms with E-state index in [1.807, 2.05) is 38.1 Å². The molecule has 2 aliphatic rings. The van der Waals surface area contributed by atoms with Crippen molar-refractivity contribution >= 4 is 23.4 Å². The Hall–Kier alpha value is -3.16. The molecule has 0 saturated heterocycles. The molecule has 1 aromatic heterocycles. The van der Waals surface area contributed by atoms with Crippen LogP contribution in [0.25, 0.3) is 0 Å². The normalized spacial score (nSPS) is 21.1. The minimum atomic E-state index is -1.06. The van der Waals surface area contributed by atoms with Crippen LogP contribution < -0.4 is 10.6 Å². The number of amides is 3. The van der Waals surface area contributed by atoms with E-state index >= 15 is 0 Å². The molecule has 0 spiro atoms. The van der Waals surface area contributed by atoms with Gasteiger partial charge in [0.25, 0.3) is 11.8 Å². The van der Waals surface area contributed by atoms with Gasteiger partial charge in [0.15, 0.2) is 5.69 Å². The zero-order valence-electron chi connectivity index (χ0n) is 18.3.